The molecule has 5 heteroatoms. The van der Waals surface area contributed by atoms with Gasteiger partial charge in [-0.25, -0.2) is 0 Å². The molecule has 0 aliphatic rings. The van der Waals surface area contributed by atoms with Crippen molar-refractivity contribution in [3.8, 4) is 11.5 Å². The lowest BCUT2D eigenvalue weighted by atomic mass is 10.0. The fraction of sp³-hybridized carbons (Fsp3) is 0.533. The summed E-state index contributed by atoms with van der Waals surface area (Å²) in [6.07, 6.45) is 0.407. The maximum absolute atomic E-state index is 11.5. The minimum atomic E-state index is -0.813. The van der Waals surface area contributed by atoms with Crippen molar-refractivity contribution in [1.82, 2.24) is 4.90 Å². The first-order valence-electron chi connectivity index (χ1n) is 6.75. The molecule has 1 atom stereocenters. The van der Waals surface area contributed by atoms with E-state index in [4.69, 9.17) is 9.47 Å². The Morgan fingerprint density at radius 2 is 1.90 bits per heavy atom. The minimum absolute atomic E-state index is 0.407. The maximum Gasteiger partial charge on any atom is 0.321 e. The summed E-state index contributed by atoms with van der Waals surface area (Å²) in [5, 5.41) is 9.42. The van der Waals surface area contributed by atoms with Crippen molar-refractivity contribution < 1.29 is 19.4 Å². The average Bonchev–Trinajstić information content (AvgIpc) is 2.47. The molecular weight excluding hydrogens is 258 g/mol. The third-order valence-electron chi connectivity index (χ3n) is 3.45. The van der Waals surface area contributed by atoms with E-state index in [-0.39, 0.29) is 0 Å². The van der Waals surface area contributed by atoms with E-state index in [1.807, 2.05) is 30.9 Å². The van der Waals surface area contributed by atoms with E-state index in [0.717, 1.165) is 5.56 Å². The number of rotatable bonds is 8. The van der Waals surface area contributed by atoms with Gasteiger partial charge in [0, 0.05) is 12.5 Å². The molecule has 0 heterocycles. The smallest absolute Gasteiger partial charge is 0.321 e. The van der Waals surface area contributed by atoms with Crippen LogP contribution in [0.4, 0.5) is 0 Å². The largest absolute Gasteiger partial charge is 0.497 e. The van der Waals surface area contributed by atoms with E-state index in [9.17, 15) is 9.90 Å². The molecule has 0 aromatic heterocycles. The molecule has 1 aromatic rings. The Hall–Kier alpha value is -1.75. The van der Waals surface area contributed by atoms with Gasteiger partial charge in [0.15, 0.2) is 0 Å². The van der Waals surface area contributed by atoms with Crippen LogP contribution >= 0.6 is 0 Å². The first kappa shape index (κ1) is 16.3. The van der Waals surface area contributed by atoms with Crippen molar-refractivity contribution in [3.63, 3.8) is 0 Å². The summed E-state index contributed by atoms with van der Waals surface area (Å²) < 4.78 is 10.5. The molecule has 0 fully saturated rings. The van der Waals surface area contributed by atoms with Crippen LogP contribution in [0.1, 0.15) is 19.4 Å². The van der Waals surface area contributed by atoms with Crippen molar-refractivity contribution in [2.75, 3.05) is 27.3 Å². The van der Waals surface area contributed by atoms with Crippen molar-refractivity contribution in [1.29, 1.82) is 0 Å². The molecule has 0 aliphatic heterocycles. The third-order valence-corrected chi connectivity index (χ3v) is 3.45. The number of carbonyl (C=O) groups is 1. The van der Waals surface area contributed by atoms with Crippen LogP contribution in [0, 0.1) is 0 Å². The highest BCUT2D eigenvalue weighted by Crippen LogP contribution is 2.26. The molecular formula is C15H23NO4. The van der Waals surface area contributed by atoms with E-state index in [0.29, 0.717) is 31.0 Å². The Kier molecular flexibility index (Phi) is 6.31. The minimum Gasteiger partial charge on any atom is -0.497 e. The molecule has 0 amide bonds. The van der Waals surface area contributed by atoms with Gasteiger partial charge in [-0.2, -0.15) is 0 Å². The standard InChI is InChI=1S/C15H23NO4/c1-5-16(6-2)13(15(17)18)9-11-7-8-12(19-3)10-14(11)20-4/h7-8,10,13H,5-6,9H2,1-4H3,(H,17,18)/t13-/m0/s1. The maximum atomic E-state index is 11.5. The van der Waals surface area contributed by atoms with E-state index in [2.05, 4.69) is 0 Å². The number of carboxylic acid groups (broad SMARTS) is 1. The van der Waals surface area contributed by atoms with Crippen LogP contribution in [-0.2, 0) is 11.2 Å². The Morgan fingerprint density at radius 3 is 2.35 bits per heavy atom. The molecule has 5 nitrogen and oxygen atoms in total. The van der Waals surface area contributed by atoms with E-state index in [1.54, 1.807) is 20.3 Å². The van der Waals surface area contributed by atoms with Crippen LogP contribution in [0.15, 0.2) is 18.2 Å². The summed E-state index contributed by atoms with van der Waals surface area (Å²) in [6, 6.07) is 4.90. The number of nitrogens with zero attached hydrogens (tertiary/aromatic N) is 1. The monoisotopic (exact) mass is 281 g/mol. The number of benzene rings is 1. The normalized spacial score (nSPS) is 12.2. The quantitative estimate of drug-likeness (QED) is 0.790. The number of likely N-dealkylation sites (N-methyl/N-ethyl adjacent to an activating group) is 1. The van der Waals surface area contributed by atoms with Crippen molar-refractivity contribution in [3.05, 3.63) is 23.8 Å². The van der Waals surface area contributed by atoms with Gasteiger partial charge >= 0.3 is 5.97 Å². The van der Waals surface area contributed by atoms with E-state index in [1.165, 1.54) is 0 Å². The molecule has 20 heavy (non-hydrogen) atoms. The first-order chi connectivity index (χ1) is 9.57. The zero-order valence-corrected chi connectivity index (χ0v) is 12.5. The lowest BCUT2D eigenvalue weighted by Gasteiger charge is -2.26. The Morgan fingerprint density at radius 1 is 1.25 bits per heavy atom. The SMILES string of the molecule is CCN(CC)[C@@H](Cc1ccc(OC)cc1OC)C(=O)O. The van der Waals surface area contributed by atoms with Crippen molar-refractivity contribution >= 4 is 5.97 Å². The molecule has 1 aromatic carbocycles. The zero-order chi connectivity index (χ0) is 15.1. The molecule has 0 unspecified atom stereocenters. The van der Waals surface area contributed by atoms with Gasteiger partial charge in [0.25, 0.3) is 0 Å². The highest BCUT2D eigenvalue weighted by atomic mass is 16.5. The molecule has 1 N–H and O–H groups in total. The van der Waals surface area contributed by atoms with Crippen molar-refractivity contribution in [2.24, 2.45) is 0 Å². The summed E-state index contributed by atoms with van der Waals surface area (Å²) in [4.78, 5) is 13.4. The number of carboxylic acids is 1. The summed E-state index contributed by atoms with van der Waals surface area (Å²) in [7, 11) is 3.16. The molecule has 112 valence electrons. The number of aliphatic carboxylic acids is 1. The van der Waals surface area contributed by atoms with Gasteiger partial charge in [0.1, 0.15) is 17.5 Å². The lowest BCUT2D eigenvalue weighted by molar-refractivity contribution is -0.143. The Labute approximate surface area is 120 Å². The van der Waals surface area contributed by atoms with Gasteiger partial charge in [0.05, 0.1) is 14.2 Å². The topological polar surface area (TPSA) is 59.0 Å². The van der Waals surface area contributed by atoms with Crippen molar-refractivity contribution in [2.45, 2.75) is 26.3 Å². The number of ether oxygens (including phenoxy) is 2. The highest BCUT2D eigenvalue weighted by molar-refractivity contribution is 5.74. The average molecular weight is 281 g/mol. The number of hydrogen-bond acceptors (Lipinski definition) is 4. The summed E-state index contributed by atoms with van der Waals surface area (Å²) in [6.45, 7) is 5.33. The van der Waals surface area contributed by atoms with Crippen LogP contribution in [-0.4, -0.2) is 49.3 Å². The molecule has 0 aliphatic carbocycles. The van der Waals surface area contributed by atoms with Crippen LogP contribution < -0.4 is 9.47 Å². The molecule has 0 spiro atoms. The second-order valence-corrected chi connectivity index (χ2v) is 4.46. The van der Waals surface area contributed by atoms with Gasteiger partial charge in [-0.3, -0.25) is 9.69 Å². The predicted molar refractivity (Wildman–Crippen MR) is 77.6 cm³/mol. The highest BCUT2D eigenvalue weighted by Gasteiger charge is 2.25. The Balaban J connectivity index is 3.01. The lowest BCUT2D eigenvalue weighted by Crippen LogP contribution is -2.42. The zero-order valence-electron chi connectivity index (χ0n) is 12.5. The van der Waals surface area contributed by atoms with Gasteiger partial charge in [0.2, 0.25) is 0 Å². The fourth-order valence-corrected chi connectivity index (χ4v) is 2.27. The van der Waals surface area contributed by atoms with Gasteiger partial charge < -0.3 is 14.6 Å². The van der Waals surface area contributed by atoms with Crippen LogP contribution in [0.2, 0.25) is 0 Å². The van der Waals surface area contributed by atoms with Gasteiger partial charge in [-0.15, -0.1) is 0 Å². The molecule has 0 saturated heterocycles. The van der Waals surface area contributed by atoms with E-state index >= 15 is 0 Å². The predicted octanol–water partition coefficient (Wildman–Crippen LogP) is 2.04. The summed E-state index contributed by atoms with van der Waals surface area (Å²) in [5.41, 5.74) is 0.868. The second-order valence-electron chi connectivity index (χ2n) is 4.46. The first-order valence-corrected chi connectivity index (χ1v) is 6.75. The summed E-state index contributed by atoms with van der Waals surface area (Å²) >= 11 is 0. The van der Waals surface area contributed by atoms with Crippen LogP contribution in [0.5, 0.6) is 11.5 Å². The molecule has 1 rings (SSSR count). The number of hydrogen-bond donors (Lipinski definition) is 1. The molecule has 0 bridgehead atoms. The summed E-state index contributed by atoms with van der Waals surface area (Å²) in [5.74, 6) is 0.537. The second kappa shape index (κ2) is 7.75. The van der Waals surface area contributed by atoms with Gasteiger partial charge in [-0.1, -0.05) is 19.9 Å². The Bertz CT molecular complexity index is 443. The van der Waals surface area contributed by atoms with E-state index < -0.39 is 12.0 Å². The third kappa shape index (κ3) is 3.87. The van der Waals surface area contributed by atoms with Crippen LogP contribution in [0.25, 0.3) is 0 Å². The fourth-order valence-electron chi connectivity index (χ4n) is 2.27. The van der Waals surface area contributed by atoms with Gasteiger partial charge in [-0.05, 0) is 24.7 Å². The molecule has 0 saturated carbocycles. The molecule has 0 radical (unpaired) electrons. The number of methoxy groups -OCH3 is 2. The van der Waals surface area contributed by atoms with Crippen LogP contribution in [0.3, 0.4) is 0 Å².